The summed E-state index contributed by atoms with van der Waals surface area (Å²) in [5.41, 5.74) is 5.32. The van der Waals surface area contributed by atoms with Crippen molar-refractivity contribution in [3.63, 3.8) is 0 Å². The van der Waals surface area contributed by atoms with E-state index in [4.69, 9.17) is 9.47 Å². The zero-order chi connectivity index (χ0) is 31.2. The average Bonchev–Trinajstić information content (AvgIpc) is 3.06. The zero-order valence-corrected chi connectivity index (χ0v) is 26.1. The lowest BCUT2D eigenvalue weighted by Gasteiger charge is -2.30. The Morgan fingerprint density at radius 1 is 0.578 bits per heavy atom. The van der Waals surface area contributed by atoms with E-state index in [-0.39, 0.29) is 23.0 Å². The minimum absolute atomic E-state index is 0.117. The highest BCUT2D eigenvalue weighted by Gasteiger charge is 2.21. The third-order valence-corrected chi connectivity index (χ3v) is 10.3. The van der Waals surface area contributed by atoms with Crippen LogP contribution in [0.2, 0.25) is 0 Å². The maximum atomic E-state index is 13.2. The van der Waals surface area contributed by atoms with E-state index in [2.05, 4.69) is 46.2 Å². The van der Waals surface area contributed by atoms with Gasteiger partial charge in [0.1, 0.15) is 36.9 Å². The van der Waals surface area contributed by atoms with E-state index in [0.717, 1.165) is 39.0 Å². The van der Waals surface area contributed by atoms with Crippen molar-refractivity contribution in [3.8, 4) is 11.5 Å². The molecule has 0 bridgehead atoms. The van der Waals surface area contributed by atoms with Crippen LogP contribution >= 0.6 is 0 Å². The highest BCUT2D eigenvalue weighted by molar-refractivity contribution is 7.91. The molecule has 2 heterocycles. The highest BCUT2D eigenvalue weighted by atomic mass is 32.2. The first-order valence-electron chi connectivity index (χ1n) is 15.5. The Bertz CT molecular complexity index is 1560. The molecule has 0 aliphatic carbocycles. The fourth-order valence-electron chi connectivity index (χ4n) is 6.07. The summed E-state index contributed by atoms with van der Waals surface area (Å²) < 4.78 is 38.0. The Hall–Kier alpha value is -3.73. The largest absolute Gasteiger partial charge is 0.491 e. The molecule has 0 saturated heterocycles. The number of ether oxygens (including phenoxy) is 2. The second kappa shape index (κ2) is 14.1. The molecule has 2 aliphatic heterocycles. The van der Waals surface area contributed by atoms with Crippen molar-refractivity contribution in [1.29, 1.82) is 0 Å². The van der Waals surface area contributed by atoms with Gasteiger partial charge in [0, 0.05) is 39.3 Å². The van der Waals surface area contributed by atoms with E-state index in [1.54, 1.807) is 24.3 Å². The van der Waals surface area contributed by atoms with Gasteiger partial charge >= 0.3 is 0 Å². The number of sulfone groups is 1. The molecule has 0 fully saturated rings. The Balaban J connectivity index is 0.956. The number of hydrogen-bond donors (Lipinski definition) is 2. The van der Waals surface area contributed by atoms with Gasteiger partial charge < -0.3 is 19.7 Å². The number of rotatable bonds is 12. The van der Waals surface area contributed by atoms with Crippen LogP contribution in [-0.4, -0.2) is 80.0 Å². The second-order valence-electron chi connectivity index (χ2n) is 11.9. The summed E-state index contributed by atoms with van der Waals surface area (Å²) in [6.07, 6.45) is 0.604. The number of aliphatic hydroxyl groups excluding tert-OH is 2. The molecule has 2 atom stereocenters. The molecule has 0 amide bonds. The molecule has 8 nitrogen and oxygen atoms in total. The molecule has 6 rings (SSSR count). The first-order valence-corrected chi connectivity index (χ1v) is 17.0. The van der Waals surface area contributed by atoms with Gasteiger partial charge in [-0.05, 0) is 83.6 Å². The summed E-state index contributed by atoms with van der Waals surface area (Å²) in [6, 6.07) is 29.3. The molecule has 45 heavy (non-hydrogen) atoms. The highest BCUT2D eigenvalue weighted by Crippen LogP contribution is 2.26. The quantitative estimate of drug-likeness (QED) is 0.242. The van der Waals surface area contributed by atoms with Gasteiger partial charge in [-0.3, -0.25) is 9.80 Å². The lowest BCUT2D eigenvalue weighted by molar-refractivity contribution is 0.0637. The zero-order valence-electron chi connectivity index (χ0n) is 25.3. The minimum atomic E-state index is -3.75. The molecule has 0 saturated carbocycles. The number of fused-ring (bicyclic) bond motifs is 2. The number of nitrogens with zero attached hydrogens (tertiary/aromatic N) is 2. The third-order valence-electron chi connectivity index (χ3n) is 8.51. The summed E-state index contributed by atoms with van der Waals surface area (Å²) in [6.45, 7) is 4.65. The van der Waals surface area contributed by atoms with Gasteiger partial charge in [0.05, 0.1) is 9.79 Å². The first-order chi connectivity index (χ1) is 21.8. The molecule has 2 N–H and O–H groups in total. The summed E-state index contributed by atoms with van der Waals surface area (Å²) in [5, 5.41) is 21.1. The van der Waals surface area contributed by atoms with Crippen molar-refractivity contribution in [2.24, 2.45) is 0 Å². The summed E-state index contributed by atoms with van der Waals surface area (Å²) >= 11 is 0. The van der Waals surface area contributed by atoms with Crippen molar-refractivity contribution >= 4 is 9.84 Å². The van der Waals surface area contributed by atoms with Crippen LogP contribution in [0, 0.1) is 0 Å². The number of benzene rings is 4. The molecule has 4 aromatic carbocycles. The molecule has 0 aromatic heterocycles. The third kappa shape index (κ3) is 7.92. The van der Waals surface area contributed by atoms with Crippen LogP contribution in [0.15, 0.2) is 107 Å². The molecule has 4 aromatic rings. The summed E-state index contributed by atoms with van der Waals surface area (Å²) in [7, 11) is -3.75. The molecule has 9 heteroatoms. The van der Waals surface area contributed by atoms with E-state index in [9.17, 15) is 18.6 Å². The van der Waals surface area contributed by atoms with Gasteiger partial charge in [-0.15, -0.1) is 0 Å². The van der Waals surface area contributed by atoms with E-state index >= 15 is 0 Å². The SMILES string of the molecule is O=S(=O)(c1ccc(OCC(O)CN2CCc3ccccc3C2)cc1)c1ccc(OCC(O)CN2CCc3ccccc3C2)cc1. The lowest BCUT2D eigenvalue weighted by atomic mass is 10.00. The van der Waals surface area contributed by atoms with Crippen molar-refractivity contribution in [2.45, 2.75) is 47.9 Å². The van der Waals surface area contributed by atoms with Gasteiger partial charge in [-0.1, -0.05) is 48.5 Å². The van der Waals surface area contributed by atoms with Crippen LogP contribution in [0.4, 0.5) is 0 Å². The minimum Gasteiger partial charge on any atom is -0.491 e. The van der Waals surface area contributed by atoms with Crippen LogP contribution in [0.3, 0.4) is 0 Å². The van der Waals surface area contributed by atoms with Gasteiger partial charge in [-0.2, -0.15) is 0 Å². The Morgan fingerprint density at radius 3 is 1.36 bits per heavy atom. The predicted octanol–water partition coefficient (Wildman–Crippen LogP) is 4.12. The number of β-amino-alcohol motifs (C(OH)–C–C–N with tert-alkyl or cyclic N) is 2. The molecular formula is C36H40N2O6S. The van der Waals surface area contributed by atoms with Gasteiger partial charge in [-0.25, -0.2) is 8.42 Å². The molecule has 236 valence electrons. The molecule has 2 unspecified atom stereocenters. The molecule has 2 aliphatic rings. The Labute approximate surface area is 265 Å². The molecular weight excluding hydrogens is 588 g/mol. The van der Waals surface area contributed by atoms with E-state index in [1.807, 2.05) is 12.1 Å². The van der Waals surface area contributed by atoms with E-state index in [1.165, 1.54) is 46.5 Å². The van der Waals surface area contributed by atoms with Crippen molar-refractivity contribution in [2.75, 3.05) is 39.4 Å². The summed E-state index contributed by atoms with van der Waals surface area (Å²) in [4.78, 5) is 4.74. The van der Waals surface area contributed by atoms with Crippen LogP contribution in [0.25, 0.3) is 0 Å². The summed E-state index contributed by atoms with van der Waals surface area (Å²) in [5.74, 6) is 0.987. The predicted molar refractivity (Wildman–Crippen MR) is 172 cm³/mol. The van der Waals surface area contributed by atoms with Gasteiger partial charge in [0.25, 0.3) is 0 Å². The first kappa shape index (κ1) is 31.3. The van der Waals surface area contributed by atoms with Crippen molar-refractivity contribution in [3.05, 3.63) is 119 Å². The number of hydrogen-bond acceptors (Lipinski definition) is 8. The topological polar surface area (TPSA) is 99.5 Å². The van der Waals surface area contributed by atoms with Crippen LogP contribution < -0.4 is 9.47 Å². The lowest BCUT2D eigenvalue weighted by Crippen LogP contribution is -2.38. The normalized spacial score (nSPS) is 16.8. The average molecular weight is 629 g/mol. The Morgan fingerprint density at radius 2 is 0.956 bits per heavy atom. The van der Waals surface area contributed by atoms with Crippen molar-refractivity contribution < 1.29 is 28.1 Å². The maximum absolute atomic E-state index is 13.2. The fourth-order valence-corrected chi connectivity index (χ4v) is 7.33. The maximum Gasteiger partial charge on any atom is 0.206 e. The number of aliphatic hydroxyl groups is 2. The Kier molecular flexibility index (Phi) is 9.82. The van der Waals surface area contributed by atoms with Crippen molar-refractivity contribution in [1.82, 2.24) is 9.80 Å². The fraction of sp³-hybridized carbons (Fsp3) is 0.333. The standard InChI is InChI=1S/C36H40N2O6S/c39-31(23-37-19-17-27-5-1-3-7-29(27)21-37)25-43-33-9-13-35(14-10-33)45(41,42)36-15-11-34(12-16-36)44-26-32(40)24-38-20-18-28-6-2-4-8-30(28)22-38/h1-16,31-32,39-40H,17-26H2. The smallest absolute Gasteiger partial charge is 0.206 e. The monoisotopic (exact) mass is 628 g/mol. The second-order valence-corrected chi connectivity index (χ2v) is 13.8. The van der Waals surface area contributed by atoms with Crippen LogP contribution in [-0.2, 0) is 35.8 Å². The van der Waals surface area contributed by atoms with Gasteiger partial charge in [0.15, 0.2) is 0 Å². The van der Waals surface area contributed by atoms with Crippen LogP contribution in [0.1, 0.15) is 22.3 Å². The molecule has 0 radical (unpaired) electrons. The van der Waals surface area contributed by atoms with Gasteiger partial charge in [0.2, 0.25) is 9.84 Å². The van der Waals surface area contributed by atoms with E-state index in [0.29, 0.717) is 24.6 Å². The van der Waals surface area contributed by atoms with Crippen LogP contribution in [0.5, 0.6) is 11.5 Å². The van der Waals surface area contributed by atoms with E-state index < -0.39 is 22.0 Å². The molecule has 0 spiro atoms.